The van der Waals surface area contributed by atoms with E-state index in [4.69, 9.17) is 4.74 Å². The molecule has 6 heteroatoms. The van der Waals surface area contributed by atoms with E-state index in [0.29, 0.717) is 16.7 Å². The first-order valence-corrected chi connectivity index (χ1v) is 6.98. The first-order valence-electron chi connectivity index (χ1n) is 6.98. The zero-order chi connectivity index (χ0) is 17.1. The predicted molar refractivity (Wildman–Crippen MR) is 80.4 cm³/mol. The van der Waals surface area contributed by atoms with Crippen molar-refractivity contribution < 1.29 is 23.8 Å². The average Bonchev–Trinajstić information content (AvgIpc) is 2.36. The maximum absolute atomic E-state index is 13.9. The standard InChI is InChI=1S/C16H22FNO4/c1-9-6-7-11(10(2)13(9)17)8-12(14(19)20)18-15(21)22-16(3,4)5/h6-7,12H,8H2,1-5H3,(H,18,21)(H,19,20). The molecule has 1 aromatic carbocycles. The Morgan fingerprint density at radius 1 is 1.32 bits per heavy atom. The van der Waals surface area contributed by atoms with Gasteiger partial charge in [-0.05, 0) is 51.3 Å². The smallest absolute Gasteiger partial charge is 0.408 e. The number of amides is 1. The third-order valence-electron chi connectivity index (χ3n) is 3.10. The Balaban J connectivity index is 2.88. The van der Waals surface area contributed by atoms with Gasteiger partial charge in [-0.25, -0.2) is 14.0 Å². The molecular formula is C16H22FNO4. The molecule has 1 amide bonds. The van der Waals surface area contributed by atoms with Gasteiger partial charge in [0, 0.05) is 6.42 Å². The molecule has 0 radical (unpaired) electrons. The van der Waals surface area contributed by atoms with Gasteiger partial charge in [-0.1, -0.05) is 12.1 Å². The van der Waals surface area contributed by atoms with Gasteiger partial charge >= 0.3 is 12.1 Å². The molecule has 1 aromatic rings. The summed E-state index contributed by atoms with van der Waals surface area (Å²) in [5.41, 5.74) is 0.691. The Labute approximate surface area is 129 Å². The molecule has 5 nitrogen and oxygen atoms in total. The first-order chi connectivity index (χ1) is 10.0. The summed E-state index contributed by atoms with van der Waals surface area (Å²) < 4.78 is 18.9. The van der Waals surface area contributed by atoms with Crippen LogP contribution in [-0.4, -0.2) is 28.8 Å². The highest BCUT2D eigenvalue weighted by atomic mass is 19.1. The van der Waals surface area contributed by atoms with Crippen LogP contribution in [0, 0.1) is 19.7 Å². The Kier molecular flexibility index (Phi) is 5.52. The molecule has 0 aromatic heterocycles. The number of benzene rings is 1. The number of carbonyl (C=O) groups excluding carboxylic acids is 1. The fourth-order valence-electron chi connectivity index (χ4n) is 1.95. The molecule has 0 aliphatic rings. The number of aryl methyl sites for hydroxylation is 1. The lowest BCUT2D eigenvalue weighted by molar-refractivity contribution is -0.139. The number of aliphatic carboxylic acids is 1. The molecule has 2 N–H and O–H groups in total. The van der Waals surface area contributed by atoms with E-state index < -0.39 is 23.7 Å². The van der Waals surface area contributed by atoms with Gasteiger partial charge in [-0.15, -0.1) is 0 Å². The largest absolute Gasteiger partial charge is 0.480 e. The molecule has 0 fully saturated rings. The van der Waals surface area contributed by atoms with E-state index in [1.807, 2.05) is 0 Å². The molecule has 0 heterocycles. The molecule has 0 bridgehead atoms. The number of carboxylic acids is 1. The highest BCUT2D eigenvalue weighted by molar-refractivity contribution is 5.80. The molecule has 22 heavy (non-hydrogen) atoms. The minimum Gasteiger partial charge on any atom is -0.480 e. The van der Waals surface area contributed by atoms with Crippen molar-refractivity contribution in [1.29, 1.82) is 0 Å². The highest BCUT2D eigenvalue weighted by Gasteiger charge is 2.25. The van der Waals surface area contributed by atoms with Crippen LogP contribution in [0.1, 0.15) is 37.5 Å². The number of hydrogen-bond donors (Lipinski definition) is 2. The minimum absolute atomic E-state index is 0.0163. The number of ether oxygens (including phenoxy) is 1. The third-order valence-corrected chi connectivity index (χ3v) is 3.10. The van der Waals surface area contributed by atoms with Gasteiger partial charge in [0.1, 0.15) is 17.5 Å². The summed E-state index contributed by atoms with van der Waals surface area (Å²) in [6.07, 6.45) is -0.831. The van der Waals surface area contributed by atoms with Gasteiger partial charge in [0.25, 0.3) is 0 Å². The van der Waals surface area contributed by atoms with E-state index in [1.54, 1.807) is 46.8 Å². The van der Waals surface area contributed by atoms with Crippen LogP contribution in [0.25, 0.3) is 0 Å². The SMILES string of the molecule is Cc1ccc(CC(NC(=O)OC(C)(C)C)C(=O)O)c(C)c1F. The Bertz CT molecular complexity index is 578. The monoisotopic (exact) mass is 311 g/mol. The molecule has 122 valence electrons. The third kappa shape index (κ3) is 5.02. The van der Waals surface area contributed by atoms with Crippen LogP contribution >= 0.6 is 0 Å². The van der Waals surface area contributed by atoms with Gasteiger partial charge in [0.05, 0.1) is 0 Å². The molecule has 1 atom stereocenters. The molecule has 0 saturated carbocycles. The number of nitrogens with one attached hydrogen (secondary N) is 1. The average molecular weight is 311 g/mol. The van der Waals surface area contributed by atoms with Crippen molar-refractivity contribution >= 4 is 12.1 Å². The normalized spacial score (nSPS) is 12.6. The van der Waals surface area contributed by atoms with E-state index in [9.17, 15) is 19.1 Å². The topological polar surface area (TPSA) is 75.6 Å². The van der Waals surface area contributed by atoms with Crippen LogP contribution in [0.15, 0.2) is 12.1 Å². The minimum atomic E-state index is -1.20. The first kappa shape index (κ1) is 17.9. The molecule has 1 rings (SSSR count). The summed E-state index contributed by atoms with van der Waals surface area (Å²) in [4.78, 5) is 23.0. The van der Waals surface area contributed by atoms with E-state index in [1.165, 1.54) is 0 Å². The number of halogens is 1. The quantitative estimate of drug-likeness (QED) is 0.896. The van der Waals surface area contributed by atoms with Crippen LogP contribution in [0.2, 0.25) is 0 Å². The van der Waals surface area contributed by atoms with Crippen molar-refractivity contribution in [3.05, 3.63) is 34.6 Å². The summed E-state index contributed by atoms with van der Waals surface area (Å²) in [5.74, 6) is -1.56. The van der Waals surface area contributed by atoms with Crippen LogP contribution in [0.5, 0.6) is 0 Å². The summed E-state index contributed by atoms with van der Waals surface area (Å²) in [5, 5.41) is 11.5. The van der Waals surface area contributed by atoms with E-state index in [2.05, 4.69) is 5.32 Å². The van der Waals surface area contributed by atoms with Crippen LogP contribution < -0.4 is 5.32 Å². The van der Waals surface area contributed by atoms with Gasteiger partial charge in [0.2, 0.25) is 0 Å². The predicted octanol–water partition coefficient (Wildman–Crippen LogP) is 2.96. The number of hydrogen-bond acceptors (Lipinski definition) is 3. The number of carbonyl (C=O) groups is 2. The van der Waals surface area contributed by atoms with Crippen LogP contribution in [0.3, 0.4) is 0 Å². The van der Waals surface area contributed by atoms with Gasteiger partial charge in [-0.2, -0.15) is 0 Å². The van der Waals surface area contributed by atoms with Crippen molar-refractivity contribution in [2.75, 3.05) is 0 Å². The zero-order valence-corrected chi connectivity index (χ0v) is 13.5. The second-order valence-electron chi connectivity index (χ2n) is 6.22. The number of carboxylic acid groups (broad SMARTS) is 1. The zero-order valence-electron chi connectivity index (χ0n) is 13.5. The maximum Gasteiger partial charge on any atom is 0.408 e. The molecular weight excluding hydrogens is 289 g/mol. The maximum atomic E-state index is 13.9. The Morgan fingerprint density at radius 2 is 1.91 bits per heavy atom. The van der Waals surface area contributed by atoms with E-state index in [0.717, 1.165) is 0 Å². The van der Waals surface area contributed by atoms with Gasteiger partial charge in [-0.3, -0.25) is 0 Å². The number of alkyl carbamates (subject to hydrolysis) is 1. The summed E-state index contributed by atoms with van der Waals surface area (Å²) in [7, 11) is 0. The second-order valence-corrected chi connectivity index (χ2v) is 6.22. The lowest BCUT2D eigenvalue weighted by atomic mass is 9.98. The van der Waals surface area contributed by atoms with Gasteiger partial charge in [0.15, 0.2) is 0 Å². The lowest BCUT2D eigenvalue weighted by Crippen LogP contribution is -2.44. The summed E-state index contributed by atoms with van der Waals surface area (Å²) >= 11 is 0. The molecule has 0 spiro atoms. The van der Waals surface area contributed by atoms with Crippen molar-refractivity contribution in [3.8, 4) is 0 Å². The fraction of sp³-hybridized carbons (Fsp3) is 0.500. The summed E-state index contributed by atoms with van der Waals surface area (Å²) in [6, 6.07) is 2.07. The van der Waals surface area contributed by atoms with E-state index in [-0.39, 0.29) is 12.2 Å². The number of rotatable bonds is 4. The Morgan fingerprint density at radius 3 is 2.41 bits per heavy atom. The van der Waals surface area contributed by atoms with Crippen molar-refractivity contribution in [1.82, 2.24) is 5.32 Å². The Hall–Kier alpha value is -2.11. The second kappa shape index (κ2) is 6.77. The van der Waals surface area contributed by atoms with Crippen LogP contribution in [0.4, 0.5) is 9.18 Å². The molecule has 1 unspecified atom stereocenters. The molecule has 0 aliphatic carbocycles. The summed E-state index contributed by atoms with van der Waals surface area (Å²) in [6.45, 7) is 8.27. The van der Waals surface area contributed by atoms with E-state index >= 15 is 0 Å². The highest BCUT2D eigenvalue weighted by Crippen LogP contribution is 2.18. The van der Waals surface area contributed by atoms with Crippen molar-refractivity contribution in [2.24, 2.45) is 0 Å². The van der Waals surface area contributed by atoms with Gasteiger partial charge < -0.3 is 15.2 Å². The molecule has 0 saturated heterocycles. The van der Waals surface area contributed by atoms with Crippen molar-refractivity contribution in [3.63, 3.8) is 0 Å². The van der Waals surface area contributed by atoms with Crippen molar-refractivity contribution in [2.45, 2.75) is 52.7 Å². The lowest BCUT2D eigenvalue weighted by Gasteiger charge is -2.22. The fourth-order valence-corrected chi connectivity index (χ4v) is 1.95. The van der Waals surface area contributed by atoms with Crippen LogP contribution in [-0.2, 0) is 16.0 Å². The molecule has 0 aliphatic heterocycles.